The minimum Gasteiger partial charge on any atom is -0.474 e. The number of nitrogens with one attached hydrogen (secondary N) is 2. The number of hydrogen-bond donors (Lipinski definition) is 3. The minimum absolute atomic E-state index is 0.175. The molecule has 42 heavy (non-hydrogen) atoms. The number of nitrogens with two attached hydrogens (primary N) is 1. The number of halogens is 7. The number of nitrogen functional groups attached to an aromatic ring is 1. The van der Waals surface area contributed by atoms with Crippen LogP contribution in [0.25, 0.3) is 22.2 Å². The zero-order valence-corrected chi connectivity index (χ0v) is 24.7. The maximum Gasteiger partial charge on any atom is 0.417 e. The van der Waals surface area contributed by atoms with Gasteiger partial charge in [-0.15, -0.1) is 0 Å². The highest BCUT2D eigenvalue weighted by molar-refractivity contribution is 5.96. The smallest absolute Gasteiger partial charge is 0.417 e. The van der Waals surface area contributed by atoms with Crippen molar-refractivity contribution >= 4 is 22.4 Å². The van der Waals surface area contributed by atoms with Crippen molar-refractivity contribution in [2.75, 3.05) is 31.2 Å². The molecule has 3 rings (SSSR count). The van der Waals surface area contributed by atoms with E-state index in [1.807, 2.05) is 27.7 Å². The van der Waals surface area contributed by atoms with Crippen LogP contribution in [0.4, 0.5) is 42.2 Å². The molecule has 15 heteroatoms. The van der Waals surface area contributed by atoms with E-state index in [0.29, 0.717) is 19.0 Å². The Hall–Kier alpha value is -3.62. The molecule has 0 amide bonds. The number of nitrogens with zero attached hydrogens (tertiary/aromatic N) is 3. The lowest BCUT2D eigenvalue weighted by molar-refractivity contribution is -0.137. The van der Waals surface area contributed by atoms with Crippen LogP contribution in [0.3, 0.4) is 0 Å². The second-order valence-electron chi connectivity index (χ2n) is 8.23. The normalized spacial score (nSPS) is 11.8. The summed E-state index contributed by atoms with van der Waals surface area (Å²) in [6.45, 7) is 9.38. The molecule has 3 aromatic rings. The number of aromatic nitrogens is 3. The zero-order chi connectivity index (χ0) is 32.4. The maximum atomic E-state index is 16.0. The van der Waals surface area contributed by atoms with Crippen LogP contribution in [-0.2, 0) is 6.18 Å². The van der Waals surface area contributed by atoms with Gasteiger partial charge in [-0.05, 0) is 38.9 Å². The molecule has 0 aliphatic carbocycles. The van der Waals surface area contributed by atoms with E-state index in [-0.39, 0.29) is 23.6 Å². The number of pyridine rings is 1. The molecule has 1 unspecified atom stereocenters. The van der Waals surface area contributed by atoms with Crippen molar-refractivity contribution in [1.82, 2.24) is 20.3 Å². The molecule has 4 N–H and O–H groups in total. The standard InChI is InChI=1S/C23H25F7N6O2.2C2H6/c1-5-9(2)37-20-13-18(35-22(38-21(26)27)36-19(13)33-7-6-32-4)16(25)17(34-20)11-8-12(31)15(24)10(3)14(11)23(28,29)30;2*1-2/h8-9,21,32H,5-7,31H2,1-4H3,(H,33,35,36);2*1-2H3. The van der Waals surface area contributed by atoms with Gasteiger partial charge >= 0.3 is 18.8 Å². The highest BCUT2D eigenvalue weighted by atomic mass is 19.4. The monoisotopic (exact) mass is 610 g/mol. The van der Waals surface area contributed by atoms with Gasteiger partial charge in [-0.1, -0.05) is 34.6 Å². The summed E-state index contributed by atoms with van der Waals surface area (Å²) in [4.78, 5) is 11.6. The van der Waals surface area contributed by atoms with Crippen LogP contribution in [-0.4, -0.2) is 47.8 Å². The van der Waals surface area contributed by atoms with E-state index in [9.17, 15) is 26.3 Å². The largest absolute Gasteiger partial charge is 0.474 e. The third-order valence-corrected chi connectivity index (χ3v) is 5.55. The molecule has 0 spiro atoms. The highest BCUT2D eigenvalue weighted by Gasteiger charge is 2.39. The van der Waals surface area contributed by atoms with Crippen molar-refractivity contribution in [3.63, 3.8) is 0 Å². The molecule has 236 valence electrons. The first-order valence-corrected chi connectivity index (χ1v) is 13.4. The van der Waals surface area contributed by atoms with Crippen LogP contribution in [0.1, 0.15) is 59.1 Å². The van der Waals surface area contributed by atoms with Gasteiger partial charge in [0.05, 0.1) is 17.4 Å². The van der Waals surface area contributed by atoms with Crippen molar-refractivity contribution < 1.29 is 40.2 Å². The highest BCUT2D eigenvalue weighted by Crippen LogP contribution is 2.44. The molecule has 2 heterocycles. The molecule has 0 radical (unpaired) electrons. The average molecular weight is 611 g/mol. The van der Waals surface area contributed by atoms with Crippen LogP contribution in [0.15, 0.2) is 6.07 Å². The number of hydrogen-bond acceptors (Lipinski definition) is 8. The number of anilines is 2. The van der Waals surface area contributed by atoms with Crippen LogP contribution < -0.4 is 25.8 Å². The van der Waals surface area contributed by atoms with E-state index in [1.54, 1.807) is 20.9 Å². The molecular weight excluding hydrogens is 573 g/mol. The Labute approximate surface area is 240 Å². The Morgan fingerprint density at radius 2 is 1.60 bits per heavy atom. The molecule has 0 saturated heterocycles. The van der Waals surface area contributed by atoms with Gasteiger partial charge < -0.3 is 25.8 Å². The molecule has 0 fully saturated rings. The summed E-state index contributed by atoms with van der Waals surface area (Å²) in [5, 5.41) is 5.43. The fourth-order valence-electron chi connectivity index (χ4n) is 3.60. The number of benzene rings is 1. The molecule has 0 aliphatic rings. The first kappa shape index (κ1) is 36.4. The fourth-order valence-corrected chi connectivity index (χ4v) is 3.60. The lowest BCUT2D eigenvalue weighted by Crippen LogP contribution is -2.20. The van der Waals surface area contributed by atoms with Crippen LogP contribution >= 0.6 is 0 Å². The molecule has 1 atom stereocenters. The second kappa shape index (κ2) is 16.1. The second-order valence-corrected chi connectivity index (χ2v) is 8.23. The van der Waals surface area contributed by atoms with Gasteiger partial charge in [-0.3, -0.25) is 0 Å². The lowest BCUT2D eigenvalue weighted by Gasteiger charge is -2.21. The van der Waals surface area contributed by atoms with Gasteiger partial charge in [-0.25, -0.2) is 13.8 Å². The predicted molar refractivity (Wildman–Crippen MR) is 149 cm³/mol. The first-order chi connectivity index (χ1) is 19.8. The van der Waals surface area contributed by atoms with Crippen molar-refractivity contribution in [2.45, 2.75) is 73.8 Å². The summed E-state index contributed by atoms with van der Waals surface area (Å²) in [5.41, 5.74) is -0.0308. The number of rotatable bonds is 10. The predicted octanol–water partition coefficient (Wildman–Crippen LogP) is 7.34. The first-order valence-electron chi connectivity index (χ1n) is 13.4. The third-order valence-electron chi connectivity index (χ3n) is 5.55. The van der Waals surface area contributed by atoms with E-state index in [4.69, 9.17) is 10.5 Å². The van der Waals surface area contributed by atoms with Crippen LogP contribution in [0.2, 0.25) is 0 Å². The molecule has 0 bridgehead atoms. The Balaban J connectivity index is 0.00000211. The van der Waals surface area contributed by atoms with Gasteiger partial charge in [-0.2, -0.15) is 31.9 Å². The quantitative estimate of drug-likeness (QED) is 0.124. The van der Waals surface area contributed by atoms with Crippen LogP contribution in [0.5, 0.6) is 11.9 Å². The number of alkyl halides is 5. The van der Waals surface area contributed by atoms with Crippen molar-refractivity contribution in [3.05, 3.63) is 28.8 Å². The Morgan fingerprint density at radius 3 is 2.12 bits per heavy atom. The molecule has 2 aromatic heterocycles. The number of likely N-dealkylation sites (N-methyl/N-ethyl adjacent to an activating group) is 1. The van der Waals surface area contributed by atoms with Gasteiger partial charge in [0, 0.05) is 18.7 Å². The topological polar surface area (TPSA) is 107 Å². The molecule has 8 nitrogen and oxygen atoms in total. The number of fused-ring (bicyclic) bond motifs is 1. The van der Waals surface area contributed by atoms with Gasteiger partial charge in [0.2, 0.25) is 5.88 Å². The third kappa shape index (κ3) is 8.46. The summed E-state index contributed by atoms with van der Waals surface area (Å²) in [6, 6.07) is -0.352. The summed E-state index contributed by atoms with van der Waals surface area (Å²) >= 11 is 0. The van der Waals surface area contributed by atoms with Crippen LogP contribution in [0, 0.1) is 18.6 Å². The Bertz CT molecular complexity index is 1320. The summed E-state index contributed by atoms with van der Waals surface area (Å²) in [5.74, 6) is -3.35. The summed E-state index contributed by atoms with van der Waals surface area (Å²) in [6.07, 6.45) is -5.28. The van der Waals surface area contributed by atoms with Gasteiger partial charge in [0.1, 0.15) is 28.2 Å². The zero-order valence-electron chi connectivity index (χ0n) is 24.7. The van der Waals surface area contributed by atoms with Gasteiger partial charge in [0.15, 0.2) is 5.82 Å². The Morgan fingerprint density at radius 1 is 0.976 bits per heavy atom. The summed E-state index contributed by atoms with van der Waals surface area (Å²) < 4.78 is 108. The van der Waals surface area contributed by atoms with E-state index in [1.165, 1.54) is 0 Å². The average Bonchev–Trinajstić information content (AvgIpc) is 2.94. The van der Waals surface area contributed by atoms with Gasteiger partial charge in [0.25, 0.3) is 0 Å². The van der Waals surface area contributed by atoms with Crippen molar-refractivity contribution in [3.8, 4) is 23.1 Å². The SMILES string of the molecule is CC.CC.CCC(C)Oc1nc(-c2cc(N)c(F)c(C)c2C(F)(F)F)c(F)c2nc(OC(F)F)nc(NCCNC)c12. The molecule has 0 saturated carbocycles. The molecular formula is C27H37F7N6O2. The lowest BCUT2D eigenvalue weighted by atomic mass is 9.96. The van der Waals surface area contributed by atoms with Crippen molar-refractivity contribution in [1.29, 1.82) is 0 Å². The fraction of sp³-hybridized carbons (Fsp3) is 0.519. The summed E-state index contributed by atoms with van der Waals surface area (Å²) in [7, 11) is 1.64. The number of ether oxygens (including phenoxy) is 2. The molecule has 0 aliphatic heterocycles. The minimum atomic E-state index is -5.13. The van der Waals surface area contributed by atoms with E-state index < -0.39 is 70.1 Å². The van der Waals surface area contributed by atoms with Crippen molar-refractivity contribution in [2.24, 2.45) is 0 Å². The molecule has 1 aromatic carbocycles. The maximum absolute atomic E-state index is 16.0. The van der Waals surface area contributed by atoms with E-state index in [2.05, 4.69) is 30.3 Å². The Kier molecular flexibility index (Phi) is 14.0. The van der Waals surface area contributed by atoms with E-state index >= 15 is 4.39 Å². The van der Waals surface area contributed by atoms with E-state index in [0.717, 1.165) is 6.92 Å².